The van der Waals surface area contributed by atoms with Crippen molar-refractivity contribution < 1.29 is 17.9 Å². The Hall–Kier alpha value is -2.07. The zero-order chi connectivity index (χ0) is 20.9. The molecule has 29 heavy (non-hydrogen) atoms. The van der Waals surface area contributed by atoms with Crippen molar-refractivity contribution in [2.75, 3.05) is 64.4 Å². The lowest BCUT2D eigenvalue weighted by atomic mass is 10.2. The van der Waals surface area contributed by atoms with Gasteiger partial charge < -0.3 is 19.9 Å². The van der Waals surface area contributed by atoms with Gasteiger partial charge in [-0.25, -0.2) is 4.98 Å². The number of hydrogen-bond donors (Lipinski definition) is 1. The van der Waals surface area contributed by atoms with Crippen LogP contribution in [-0.4, -0.2) is 92.5 Å². The third-order valence-corrected chi connectivity index (χ3v) is 5.46. The molecule has 1 aromatic heterocycles. The fourth-order valence-corrected chi connectivity index (χ4v) is 3.66. The molecule has 1 aromatic rings. The molecular weight excluding hydrogens is 385 g/mol. The molecule has 0 amide bonds. The largest absolute Gasteiger partial charge is 0.403 e. The monoisotopic (exact) mass is 414 g/mol. The minimum atomic E-state index is -4.20. The van der Waals surface area contributed by atoms with Crippen LogP contribution in [0.4, 0.5) is 19.0 Å². The highest BCUT2D eigenvalue weighted by Gasteiger charge is 2.41. The molecule has 0 saturated carbocycles. The minimum absolute atomic E-state index is 0.354. The third kappa shape index (κ3) is 5.51. The summed E-state index contributed by atoms with van der Waals surface area (Å²) in [5.74, 6) is 1.63. The fourth-order valence-electron chi connectivity index (χ4n) is 3.66. The molecule has 3 heterocycles. The number of nitrogens with one attached hydrogen (secondary N) is 1. The second-order valence-corrected chi connectivity index (χ2v) is 7.23. The molecule has 2 saturated heterocycles. The van der Waals surface area contributed by atoms with Gasteiger partial charge in [-0.2, -0.15) is 13.2 Å². The lowest BCUT2D eigenvalue weighted by Gasteiger charge is -2.39. The molecule has 2 aliphatic heterocycles. The number of aromatic nitrogens is 1. The molecule has 162 valence electrons. The van der Waals surface area contributed by atoms with E-state index in [2.05, 4.69) is 20.2 Å². The highest BCUT2D eigenvalue weighted by Crippen LogP contribution is 2.25. The maximum atomic E-state index is 12.9. The van der Waals surface area contributed by atoms with Crippen LogP contribution in [-0.2, 0) is 11.3 Å². The van der Waals surface area contributed by atoms with E-state index in [0.29, 0.717) is 51.9 Å². The van der Waals surface area contributed by atoms with E-state index >= 15 is 0 Å². The normalized spacial score (nSPS) is 20.7. The molecule has 1 unspecified atom stereocenters. The molecule has 1 N–H and O–H groups in total. The number of aliphatic imine (C=N–C) groups is 1. The molecule has 7 nitrogen and oxygen atoms in total. The smallest absolute Gasteiger partial charge is 0.378 e. The van der Waals surface area contributed by atoms with Crippen molar-refractivity contribution in [2.45, 2.75) is 25.7 Å². The van der Waals surface area contributed by atoms with Gasteiger partial charge in [0.2, 0.25) is 0 Å². The Morgan fingerprint density at radius 2 is 1.90 bits per heavy atom. The number of alkyl halides is 3. The molecule has 0 aliphatic carbocycles. The van der Waals surface area contributed by atoms with Crippen molar-refractivity contribution >= 4 is 11.8 Å². The van der Waals surface area contributed by atoms with Crippen molar-refractivity contribution in [3.8, 4) is 0 Å². The van der Waals surface area contributed by atoms with E-state index < -0.39 is 12.2 Å². The Morgan fingerprint density at radius 3 is 2.52 bits per heavy atom. The van der Waals surface area contributed by atoms with Crippen molar-refractivity contribution in [3.05, 3.63) is 23.9 Å². The lowest BCUT2D eigenvalue weighted by Crippen LogP contribution is -2.56. The minimum Gasteiger partial charge on any atom is -0.378 e. The summed E-state index contributed by atoms with van der Waals surface area (Å²) in [6.07, 6.45) is -2.41. The number of rotatable bonds is 4. The van der Waals surface area contributed by atoms with Crippen molar-refractivity contribution in [1.29, 1.82) is 0 Å². The summed E-state index contributed by atoms with van der Waals surface area (Å²) in [6, 6.07) is 2.51. The zero-order valence-electron chi connectivity index (χ0n) is 17.0. The average Bonchev–Trinajstić information content (AvgIpc) is 2.74. The van der Waals surface area contributed by atoms with E-state index in [-0.39, 0.29) is 0 Å². The lowest BCUT2D eigenvalue weighted by molar-refractivity contribution is -0.181. The Bertz CT molecular complexity index is 685. The third-order valence-electron chi connectivity index (χ3n) is 5.46. The van der Waals surface area contributed by atoms with Gasteiger partial charge in [0.15, 0.2) is 5.96 Å². The maximum Gasteiger partial charge on any atom is 0.403 e. The first-order valence-electron chi connectivity index (χ1n) is 9.93. The van der Waals surface area contributed by atoms with Crippen LogP contribution in [0.1, 0.15) is 12.5 Å². The van der Waals surface area contributed by atoms with Crippen LogP contribution in [0.2, 0.25) is 0 Å². The van der Waals surface area contributed by atoms with Gasteiger partial charge in [0, 0.05) is 64.6 Å². The number of anilines is 1. The first kappa shape index (κ1) is 21.6. The molecule has 2 fully saturated rings. The Labute approximate surface area is 169 Å². The second kappa shape index (κ2) is 9.62. The molecule has 0 spiro atoms. The maximum absolute atomic E-state index is 12.9. The highest BCUT2D eigenvalue weighted by molar-refractivity contribution is 5.80. The van der Waals surface area contributed by atoms with Crippen molar-refractivity contribution in [3.63, 3.8) is 0 Å². The van der Waals surface area contributed by atoms with Crippen molar-refractivity contribution in [1.82, 2.24) is 20.1 Å². The summed E-state index contributed by atoms with van der Waals surface area (Å²) < 4.78 is 44.3. The topological polar surface area (TPSA) is 56.2 Å². The summed E-state index contributed by atoms with van der Waals surface area (Å²) in [5.41, 5.74) is 1.06. The van der Waals surface area contributed by atoms with Crippen molar-refractivity contribution in [2.24, 2.45) is 4.99 Å². The van der Waals surface area contributed by atoms with Gasteiger partial charge in [-0.15, -0.1) is 0 Å². The number of guanidine groups is 1. The molecule has 0 aromatic carbocycles. The van der Waals surface area contributed by atoms with Gasteiger partial charge in [-0.1, -0.05) is 6.07 Å². The fraction of sp³-hybridized carbons (Fsp3) is 0.684. The van der Waals surface area contributed by atoms with Gasteiger partial charge in [-0.3, -0.25) is 9.89 Å². The number of piperazine rings is 1. The highest BCUT2D eigenvalue weighted by atomic mass is 19.4. The van der Waals surface area contributed by atoms with Crippen LogP contribution < -0.4 is 10.2 Å². The van der Waals surface area contributed by atoms with E-state index in [1.54, 1.807) is 13.2 Å². The standard InChI is InChI=1S/C19H29F3N6O/c1-15(19(20,21)22)26-6-8-28(9-7-26)18(23-2)25-14-16-4-3-5-24-17(16)27-10-12-29-13-11-27/h3-5,15H,6-14H2,1-2H3,(H,23,25). The summed E-state index contributed by atoms with van der Waals surface area (Å²) in [5, 5.41) is 3.35. The van der Waals surface area contributed by atoms with Gasteiger partial charge in [0.05, 0.1) is 13.2 Å². The second-order valence-electron chi connectivity index (χ2n) is 7.23. The zero-order valence-corrected chi connectivity index (χ0v) is 17.0. The van der Waals surface area contributed by atoms with Gasteiger partial charge in [0.1, 0.15) is 11.9 Å². The molecule has 1 atom stereocenters. The summed E-state index contributed by atoms with van der Waals surface area (Å²) >= 11 is 0. The summed E-state index contributed by atoms with van der Waals surface area (Å²) in [6.45, 7) is 6.46. The van der Waals surface area contributed by atoms with Crippen LogP contribution >= 0.6 is 0 Å². The first-order chi connectivity index (χ1) is 13.9. The molecule has 3 rings (SSSR count). The van der Waals surface area contributed by atoms with Crippen LogP contribution in [0.25, 0.3) is 0 Å². The molecule has 0 bridgehead atoms. The number of morpholine rings is 1. The average molecular weight is 414 g/mol. The number of pyridine rings is 1. The van der Waals surface area contributed by atoms with E-state index in [1.807, 2.05) is 17.0 Å². The van der Waals surface area contributed by atoms with Crippen LogP contribution in [0.15, 0.2) is 23.3 Å². The number of halogens is 3. The predicted octanol–water partition coefficient (Wildman–Crippen LogP) is 1.56. The summed E-state index contributed by atoms with van der Waals surface area (Å²) in [7, 11) is 1.69. The van der Waals surface area contributed by atoms with Crippen LogP contribution in [0.3, 0.4) is 0 Å². The molecule has 10 heteroatoms. The summed E-state index contributed by atoms with van der Waals surface area (Å²) in [4.78, 5) is 14.5. The Kier molecular flexibility index (Phi) is 7.18. The number of nitrogens with zero attached hydrogens (tertiary/aromatic N) is 5. The Morgan fingerprint density at radius 1 is 1.21 bits per heavy atom. The van der Waals surface area contributed by atoms with Crippen LogP contribution in [0, 0.1) is 0 Å². The number of hydrogen-bond acceptors (Lipinski definition) is 5. The first-order valence-corrected chi connectivity index (χ1v) is 9.93. The molecular formula is C19H29F3N6O. The Balaban J connectivity index is 1.57. The van der Waals surface area contributed by atoms with Gasteiger partial charge >= 0.3 is 6.18 Å². The SMILES string of the molecule is CN=C(NCc1cccnc1N1CCOCC1)N1CCN(C(C)C(F)(F)F)CC1. The van der Waals surface area contributed by atoms with E-state index in [0.717, 1.165) is 24.5 Å². The van der Waals surface area contributed by atoms with Gasteiger partial charge in [-0.05, 0) is 13.0 Å². The van der Waals surface area contributed by atoms with Crippen LogP contribution in [0.5, 0.6) is 0 Å². The van der Waals surface area contributed by atoms with E-state index in [4.69, 9.17) is 4.74 Å². The number of ether oxygens (including phenoxy) is 1. The predicted molar refractivity (Wildman–Crippen MR) is 106 cm³/mol. The van der Waals surface area contributed by atoms with Gasteiger partial charge in [0.25, 0.3) is 0 Å². The molecule has 2 aliphatic rings. The van der Waals surface area contributed by atoms with E-state index in [9.17, 15) is 13.2 Å². The quantitative estimate of drug-likeness (QED) is 0.596. The molecule has 0 radical (unpaired) electrons. The van der Waals surface area contributed by atoms with E-state index in [1.165, 1.54) is 11.8 Å².